The molecular formula is C18H19N3O. The fourth-order valence-corrected chi connectivity index (χ4v) is 3.82. The number of nitrogens with zero attached hydrogens (tertiary/aromatic N) is 2. The quantitative estimate of drug-likeness (QED) is 0.808. The van der Waals surface area contributed by atoms with E-state index in [0.29, 0.717) is 23.1 Å². The molecule has 1 aromatic rings. The first-order chi connectivity index (χ1) is 10.6. The van der Waals surface area contributed by atoms with Crippen LogP contribution < -0.4 is 5.73 Å². The smallest absolute Gasteiger partial charge is 0.179 e. The second-order valence-electron chi connectivity index (χ2n) is 6.84. The number of rotatable bonds is 1. The Kier molecular flexibility index (Phi) is 2.80. The van der Waals surface area contributed by atoms with E-state index in [0.717, 1.165) is 29.9 Å². The highest BCUT2D eigenvalue weighted by Gasteiger charge is 2.45. The zero-order valence-electron chi connectivity index (χ0n) is 12.6. The van der Waals surface area contributed by atoms with Crippen LogP contribution in [0, 0.1) is 16.7 Å². The van der Waals surface area contributed by atoms with E-state index in [1.165, 1.54) is 25.7 Å². The van der Waals surface area contributed by atoms with Crippen molar-refractivity contribution in [2.45, 2.75) is 32.1 Å². The number of hydrogen-bond donors (Lipinski definition) is 1. The van der Waals surface area contributed by atoms with Gasteiger partial charge in [-0.25, -0.2) is 0 Å². The number of anilines is 1. The number of nitrogen functional groups attached to an aromatic ring is 1. The fourth-order valence-electron chi connectivity index (χ4n) is 3.82. The van der Waals surface area contributed by atoms with Crippen LogP contribution in [0.15, 0.2) is 23.8 Å². The van der Waals surface area contributed by atoms with Crippen LogP contribution in [0.25, 0.3) is 5.70 Å². The van der Waals surface area contributed by atoms with E-state index in [2.05, 4.69) is 11.0 Å². The van der Waals surface area contributed by atoms with E-state index in [-0.39, 0.29) is 5.78 Å². The number of ketones is 1. The van der Waals surface area contributed by atoms with Crippen molar-refractivity contribution >= 4 is 17.2 Å². The van der Waals surface area contributed by atoms with Crippen LogP contribution in [0.5, 0.6) is 0 Å². The molecule has 4 rings (SSSR count). The van der Waals surface area contributed by atoms with Crippen molar-refractivity contribution in [3.63, 3.8) is 0 Å². The minimum atomic E-state index is -0.0681. The van der Waals surface area contributed by atoms with Gasteiger partial charge in [-0.1, -0.05) is 6.07 Å². The Labute approximate surface area is 130 Å². The maximum atomic E-state index is 12.3. The van der Waals surface area contributed by atoms with Gasteiger partial charge >= 0.3 is 0 Å². The summed E-state index contributed by atoms with van der Waals surface area (Å²) in [6.45, 7) is 1.87. The van der Waals surface area contributed by atoms with Gasteiger partial charge in [0.2, 0.25) is 0 Å². The average Bonchev–Trinajstić information content (AvgIpc) is 3.27. The average molecular weight is 293 g/mol. The molecule has 0 aromatic heterocycles. The summed E-state index contributed by atoms with van der Waals surface area (Å²) in [5.74, 6) is -0.0681. The number of Topliss-reactive ketones (excluding diaryl/α,β-unsaturated/α-hetero) is 1. The summed E-state index contributed by atoms with van der Waals surface area (Å²) < 4.78 is 0. The molecule has 1 spiro atoms. The molecule has 3 aliphatic rings. The minimum Gasteiger partial charge on any atom is -0.399 e. The van der Waals surface area contributed by atoms with E-state index < -0.39 is 0 Å². The molecule has 2 N–H and O–H groups in total. The standard InChI is InChI=1S/C18H19N3O/c19-11-15-16(22)9-12-1-2-13(20)10-14(12)17(15)21-7-5-18(3-4-18)6-8-21/h1-2,10H,3-9,20H2. The largest absolute Gasteiger partial charge is 0.399 e. The summed E-state index contributed by atoms with van der Waals surface area (Å²) in [6, 6.07) is 7.81. The highest BCUT2D eigenvalue weighted by atomic mass is 16.1. The molecule has 2 aliphatic carbocycles. The monoisotopic (exact) mass is 293 g/mol. The van der Waals surface area contributed by atoms with Crippen molar-refractivity contribution in [3.8, 4) is 6.07 Å². The van der Waals surface area contributed by atoms with Gasteiger partial charge in [-0.3, -0.25) is 4.79 Å². The number of fused-ring (bicyclic) bond motifs is 1. The van der Waals surface area contributed by atoms with Gasteiger partial charge in [0, 0.05) is 30.8 Å². The van der Waals surface area contributed by atoms with Crippen LogP contribution in [0.3, 0.4) is 0 Å². The summed E-state index contributed by atoms with van der Waals surface area (Å²) in [5, 5.41) is 9.49. The number of carbonyl (C=O) groups is 1. The number of allylic oxidation sites excluding steroid dienone is 1. The fraction of sp³-hybridized carbons (Fsp3) is 0.444. The molecular weight excluding hydrogens is 274 g/mol. The van der Waals surface area contributed by atoms with Gasteiger partial charge in [0.1, 0.15) is 11.6 Å². The maximum Gasteiger partial charge on any atom is 0.179 e. The van der Waals surface area contributed by atoms with Crippen LogP contribution in [-0.4, -0.2) is 23.8 Å². The molecule has 1 saturated carbocycles. The predicted molar refractivity (Wildman–Crippen MR) is 84.6 cm³/mol. The number of benzene rings is 1. The lowest BCUT2D eigenvalue weighted by Gasteiger charge is -2.37. The van der Waals surface area contributed by atoms with Crippen LogP contribution in [-0.2, 0) is 11.2 Å². The molecule has 22 heavy (non-hydrogen) atoms. The third-order valence-electron chi connectivity index (χ3n) is 5.46. The Balaban J connectivity index is 1.78. The molecule has 0 bridgehead atoms. The van der Waals surface area contributed by atoms with Crippen molar-refractivity contribution in [1.29, 1.82) is 5.26 Å². The van der Waals surface area contributed by atoms with E-state index >= 15 is 0 Å². The topological polar surface area (TPSA) is 70.1 Å². The number of piperidine rings is 1. The molecule has 1 heterocycles. The molecule has 4 nitrogen and oxygen atoms in total. The highest BCUT2D eigenvalue weighted by Crippen LogP contribution is 2.54. The highest BCUT2D eigenvalue weighted by molar-refractivity contribution is 6.10. The minimum absolute atomic E-state index is 0.0681. The van der Waals surface area contributed by atoms with Crippen molar-refractivity contribution in [1.82, 2.24) is 4.90 Å². The van der Waals surface area contributed by atoms with Gasteiger partial charge in [-0.2, -0.15) is 5.26 Å². The van der Waals surface area contributed by atoms with Gasteiger partial charge in [0.05, 0.1) is 5.70 Å². The zero-order valence-corrected chi connectivity index (χ0v) is 12.6. The second-order valence-corrected chi connectivity index (χ2v) is 6.84. The molecule has 1 aliphatic heterocycles. The molecule has 0 unspecified atom stereocenters. The molecule has 4 heteroatoms. The molecule has 0 atom stereocenters. The van der Waals surface area contributed by atoms with Crippen molar-refractivity contribution in [3.05, 3.63) is 34.9 Å². The maximum absolute atomic E-state index is 12.3. The van der Waals surface area contributed by atoms with Crippen LogP contribution in [0.2, 0.25) is 0 Å². The van der Waals surface area contributed by atoms with Gasteiger partial charge in [-0.15, -0.1) is 0 Å². The third-order valence-corrected chi connectivity index (χ3v) is 5.46. The van der Waals surface area contributed by atoms with E-state index in [4.69, 9.17) is 5.73 Å². The van der Waals surface area contributed by atoms with Crippen LogP contribution in [0.1, 0.15) is 36.8 Å². The van der Waals surface area contributed by atoms with Crippen molar-refractivity contribution < 1.29 is 4.79 Å². The molecule has 1 aromatic carbocycles. The first-order valence-electron chi connectivity index (χ1n) is 7.93. The van der Waals surface area contributed by atoms with Gasteiger partial charge < -0.3 is 10.6 Å². The van der Waals surface area contributed by atoms with E-state index in [1.54, 1.807) is 0 Å². The van der Waals surface area contributed by atoms with Crippen molar-refractivity contribution in [2.75, 3.05) is 18.8 Å². The lowest BCUT2D eigenvalue weighted by molar-refractivity contribution is -0.114. The Bertz CT molecular complexity index is 727. The lowest BCUT2D eigenvalue weighted by atomic mass is 9.85. The number of nitrogens with two attached hydrogens (primary N) is 1. The Hall–Kier alpha value is -2.28. The van der Waals surface area contributed by atoms with Crippen LogP contribution >= 0.6 is 0 Å². The van der Waals surface area contributed by atoms with Gasteiger partial charge in [-0.05, 0) is 48.8 Å². The number of nitriles is 1. The van der Waals surface area contributed by atoms with Gasteiger partial charge in [0.15, 0.2) is 5.78 Å². The van der Waals surface area contributed by atoms with Gasteiger partial charge in [0.25, 0.3) is 0 Å². The summed E-state index contributed by atoms with van der Waals surface area (Å²) in [5.41, 5.74) is 10.3. The summed E-state index contributed by atoms with van der Waals surface area (Å²) in [7, 11) is 0. The molecule has 0 amide bonds. The third kappa shape index (κ3) is 2.00. The van der Waals surface area contributed by atoms with E-state index in [1.807, 2.05) is 18.2 Å². The summed E-state index contributed by atoms with van der Waals surface area (Å²) >= 11 is 0. The lowest BCUT2D eigenvalue weighted by Crippen LogP contribution is -2.36. The van der Waals surface area contributed by atoms with Crippen molar-refractivity contribution in [2.24, 2.45) is 5.41 Å². The first-order valence-corrected chi connectivity index (χ1v) is 7.93. The molecule has 2 fully saturated rings. The molecule has 0 radical (unpaired) electrons. The molecule has 1 saturated heterocycles. The summed E-state index contributed by atoms with van der Waals surface area (Å²) in [6.07, 6.45) is 5.32. The predicted octanol–water partition coefficient (Wildman–Crippen LogP) is 2.50. The normalized spacial score (nSPS) is 22.5. The Morgan fingerprint density at radius 3 is 2.55 bits per heavy atom. The SMILES string of the molecule is N#CC1=C(N2CCC3(CC2)CC3)c2cc(N)ccc2CC1=O. The first kappa shape index (κ1) is 13.4. The second kappa shape index (κ2) is 4.61. The molecule has 112 valence electrons. The Morgan fingerprint density at radius 2 is 1.91 bits per heavy atom. The zero-order chi connectivity index (χ0) is 15.3. The van der Waals surface area contributed by atoms with Crippen LogP contribution in [0.4, 0.5) is 5.69 Å². The number of hydrogen-bond acceptors (Lipinski definition) is 4. The Morgan fingerprint density at radius 1 is 1.18 bits per heavy atom. The number of likely N-dealkylation sites (tertiary alicyclic amines) is 1. The summed E-state index contributed by atoms with van der Waals surface area (Å²) in [4.78, 5) is 14.6. The number of carbonyl (C=O) groups excluding carboxylic acids is 1. The van der Waals surface area contributed by atoms with E-state index in [9.17, 15) is 10.1 Å².